The Kier molecular flexibility index (Phi) is 8.82. The second kappa shape index (κ2) is 10.4. The van der Waals surface area contributed by atoms with Crippen LogP contribution in [0.25, 0.3) is 0 Å². The number of hydrogen-bond donors (Lipinski definition) is 2. The first-order valence-electron chi connectivity index (χ1n) is 9.72. The molecule has 1 atom stereocenters. The maximum absolute atomic E-state index is 13.3. The Hall–Kier alpha value is -2.41. The summed E-state index contributed by atoms with van der Waals surface area (Å²) < 4.78 is 18.6. The van der Waals surface area contributed by atoms with Gasteiger partial charge in [-0.15, -0.1) is 6.58 Å². The highest BCUT2D eigenvalue weighted by atomic mass is 19.1. The number of carbonyl (C=O) groups is 2. The van der Waals surface area contributed by atoms with Crippen molar-refractivity contribution in [2.75, 3.05) is 13.1 Å². The Bertz CT molecular complexity index is 683. The molecular weight excluding hydrogens is 375 g/mol. The van der Waals surface area contributed by atoms with E-state index in [9.17, 15) is 19.1 Å². The Labute approximate surface area is 172 Å². The first kappa shape index (κ1) is 24.6. The van der Waals surface area contributed by atoms with E-state index in [1.165, 1.54) is 23.1 Å². The lowest BCUT2D eigenvalue weighted by atomic mass is 9.89. The molecule has 0 radical (unpaired) electrons. The molecule has 1 fully saturated rings. The summed E-state index contributed by atoms with van der Waals surface area (Å²) in [5.41, 5.74) is -1.72. The van der Waals surface area contributed by atoms with Crippen molar-refractivity contribution in [1.82, 2.24) is 10.2 Å². The molecule has 0 aromatic carbocycles. The third-order valence-electron chi connectivity index (χ3n) is 4.55. The molecule has 0 unspecified atom stereocenters. The summed E-state index contributed by atoms with van der Waals surface area (Å²) in [5.74, 6) is -0.961. The van der Waals surface area contributed by atoms with E-state index >= 15 is 0 Å². The largest absolute Gasteiger partial charge is 0.444 e. The van der Waals surface area contributed by atoms with Crippen molar-refractivity contribution in [3.05, 3.63) is 48.9 Å². The Morgan fingerprint density at radius 2 is 1.90 bits per heavy atom. The second-order valence-corrected chi connectivity index (χ2v) is 8.13. The van der Waals surface area contributed by atoms with Crippen molar-refractivity contribution in [2.24, 2.45) is 0 Å². The number of likely N-dealkylation sites (tertiary alicyclic amines) is 1. The molecule has 0 spiro atoms. The maximum Gasteiger partial charge on any atom is 0.410 e. The zero-order chi connectivity index (χ0) is 22.2. The van der Waals surface area contributed by atoms with Gasteiger partial charge in [0.1, 0.15) is 17.0 Å². The molecule has 1 aliphatic heterocycles. The molecule has 2 N–H and O–H groups in total. The zero-order valence-corrected chi connectivity index (χ0v) is 17.8. The Balaban J connectivity index is 2.74. The third-order valence-corrected chi connectivity index (χ3v) is 4.55. The van der Waals surface area contributed by atoms with E-state index in [0.29, 0.717) is 12.0 Å². The highest BCUT2D eigenvalue weighted by Crippen LogP contribution is 2.25. The Morgan fingerprint density at radius 1 is 1.31 bits per heavy atom. The van der Waals surface area contributed by atoms with Crippen LogP contribution in [0.5, 0.6) is 0 Å². The van der Waals surface area contributed by atoms with Gasteiger partial charge in [-0.1, -0.05) is 24.8 Å². The lowest BCUT2D eigenvalue weighted by Crippen LogP contribution is -2.56. The van der Waals surface area contributed by atoms with Crippen molar-refractivity contribution in [3.63, 3.8) is 0 Å². The molecule has 0 saturated carbocycles. The first-order chi connectivity index (χ1) is 13.4. The van der Waals surface area contributed by atoms with Gasteiger partial charge in [0, 0.05) is 25.9 Å². The highest BCUT2D eigenvalue weighted by Gasteiger charge is 2.41. The van der Waals surface area contributed by atoms with Gasteiger partial charge in [-0.3, -0.25) is 4.79 Å². The number of nitrogens with one attached hydrogen (secondary N) is 1. The number of amides is 2. The van der Waals surface area contributed by atoms with Crippen LogP contribution in [0.3, 0.4) is 0 Å². The average Bonchev–Trinajstić information content (AvgIpc) is 2.64. The van der Waals surface area contributed by atoms with Crippen LogP contribution in [0.2, 0.25) is 0 Å². The van der Waals surface area contributed by atoms with E-state index in [0.717, 1.165) is 0 Å². The predicted octanol–water partition coefficient (Wildman–Crippen LogP) is 3.80. The van der Waals surface area contributed by atoms with E-state index in [4.69, 9.17) is 4.74 Å². The molecule has 1 aliphatic rings. The molecule has 7 heteroatoms. The molecule has 1 heterocycles. The highest BCUT2D eigenvalue weighted by molar-refractivity contribution is 5.86. The molecule has 1 saturated heterocycles. The first-order valence-corrected chi connectivity index (χ1v) is 9.72. The van der Waals surface area contributed by atoms with Crippen LogP contribution < -0.4 is 5.32 Å². The summed E-state index contributed by atoms with van der Waals surface area (Å²) in [6, 6.07) is -0.520. The predicted molar refractivity (Wildman–Crippen MR) is 112 cm³/mol. The van der Waals surface area contributed by atoms with Crippen molar-refractivity contribution >= 4 is 12.0 Å². The molecule has 0 bridgehead atoms. The standard InChI is InChI=1S/C22H33FN2O4/c1-7-9-18(16(3)10-11-17(23)8-2)24-19(26)22(28)12-14-25(15-13-22)20(27)29-21(4,5)6/h7-8,10-11,18,28H,1,3,9,12-15H2,2,4-6H3,(H,24,26)/b11-10-,17-8+/t18-/m0/s1. The van der Waals surface area contributed by atoms with Crippen LogP contribution in [0.4, 0.5) is 9.18 Å². The van der Waals surface area contributed by atoms with Gasteiger partial charge in [0.05, 0.1) is 6.04 Å². The quantitative estimate of drug-likeness (QED) is 0.496. The van der Waals surface area contributed by atoms with Crippen molar-refractivity contribution in [2.45, 2.75) is 64.2 Å². The summed E-state index contributed by atoms with van der Waals surface area (Å²) in [6.45, 7) is 14.9. The summed E-state index contributed by atoms with van der Waals surface area (Å²) in [7, 11) is 0. The number of halogens is 1. The van der Waals surface area contributed by atoms with Gasteiger partial charge >= 0.3 is 6.09 Å². The topological polar surface area (TPSA) is 78.9 Å². The fraction of sp³-hybridized carbons (Fsp3) is 0.545. The van der Waals surface area contributed by atoms with Crippen LogP contribution in [-0.4, -0.2) is 52.3 Å². The number of nitrogens with zero attached hydrogens (tertiary/aromatic N) is 1. The minimum atomic E-state index is -1.60. The lowest BCUT2D eigenvalue weighted by Gasteiger charge is -2.38. The van der Waals surface area contributed by atoms with Crippen molar-refractivity contribution in [3.8, 4) is 0 Å². The number of aliphatic hydroxyl groups is 1. The smallest absolute Gasteiger partial charge is 0.410 e. The molecular formula is C22H33FN2O4. The molecule has 0 aliphatic carbocycles. The van der Waals surface area contributed by atoms with Crippen LogP contribution in [-0.2, 0) is 9.53 Å². The van der Waals surface area contributed by atoms with Gasteiger partial charge in [0.15, 0.2) is 0 Å². The summed E-state index contributed by atoms with van der Waals surface area (Å²) in [6.07, 6.45) is 5.78. The molecule has 29 heavy (non-hydrogen) atoms. The molecule has 0 aromatic heterocycles. The number of ether oxygens (including phenoxy) is 1. The number of piperidine rings is 1. The number of allylic oxidation sites excluding steroid dienone is 3. The number of carbonyl (C=O) groups excluding carboxylic acids is 2. The van der Waals surface area contributed by atoms with Crippen LogP contribution in [0.15, 0.2) is 48.9 Å². The summed E-state index contributed by atoms with van der Waals surface area (Å²) in [4.78, 5) is 26.4. The van der Waals surface area contributed by atoms with Gasteiger partial charge in [0.25, 0.3) is 5.91 Å². The zero-order valence-electron chi connectivity index (χ0n) is 17.8. The molecule has 1 rings (SSSR count). The van der Waals surface area contributed by atoms with Crippen molar-refractivity contribution in [1.29, 1.82) is 0 Å². The summed E-state index contributed by atoms with van der Waals surface area (Å²) in [5, 5.41) is 13.6. The number of rotatable bonds is 7. The average molecular weight is 409 g/mol. The molecule has 162 valence electrons. The molecule has 0 aromatic rings. The van der Waals surface area contributed by atoms with Gasteiger partial charge < -0.3 is 20.1 Å². The van der Waals surface area contributed by atoms with Crippen LogP contribution in [0, 0.1) is 0 Å². The lowest BCUT2D eigenvalue weighted by molar-refractivity contribution is -0.145. The monoisotopic (exact) mass is 408 g/mol. The SMILES string of the molecule is C=CC[C@H](NC(=O)C1(O)CCN(C(=O)OC(C)(C)C)CC1)C(=C)/C=C\C(F)=C/C. The van der Waals surface area contributed by atoms with Gasteiger partial charge in [0.2, 0.25) is 0 Å². The minimum Gasteiger partial charge on any atom is -0.444 e. The van der Waals surface area contributed by atoms with Gasteiger partial charge in [-0.05, 0) is 45.8 Å². The van der Waals surface area contributed by atoms with Gasteiger partial charge in [-0.2, -0.15) is 0 Å². The maximum atomic E-state index is 13.3. The van der Waals surface area contributed by atoms with Crippen LogP contribution in [0.1, 0.15) is 47.0 Å². The second-order valence-electron chi connectivity index (χ2n) is 8.13. The molecule has 6 nitrogen and oxygen atoms in total. The van der Waals surface area contributed by atoms with Crippen molar-refractivity contribution < 1.29 is 23.8 Å². The van der Waals surface area contributed by atoms with E-state index in [1.807, 2.05) is 0 Å². The molecule has 2 amide bonds. The van der Waals surface area contributed by atoms with E-state index in [2.05, 4.69) is 18.5 Å². The number of hydrogen-bond acceptors (Lipinski definition) is 4. The van der Waals surface area contributed by atoms with Crippen LogP contribution >= 0.6 is 0 Å². The van der Waals surface area contributed by atoms with E-state index < -0.39 is 35.1 Å². The van der Waals surface area contributed by atoms with E-state index in [1.54, 1.807) is 33.8 Å². The fourth-order valence-corrected chi connectivity index (χ4v) is 2.77. The summed E-state index contributed by atoms with van der Waals surface area (Å²) >= 11 is 0. The van der Waals surface area contributed by atoms with Gasteiger partial charge in [-0.25, -0.2) is 9.18 Å². The normalized spacial score (nSPS) is 18.3. The Morgan fingerprint density at radius 3 is 2.38 bits per heavy atom. The minimum absolute atomic E-state index is 0.0917. The third kappa shape index (κ3) is 7.85. The van der Waals surface area contributed by atoms with E-state index in [-0.39, 0.29) is 25.9 Å². The fourth-order valence-electron chi connectivity index (χ4n) is 2.77.